The summed E-state index contributed by atoms with van der Waals surface area (Å²) in [4.78, 5) is 13.8. The molecule has 1 aliphatic rings. The minimum Gasteiger partial charge on any atom is -0.383 e. The number of ketones is 1. The molecule has 114 valence electrons. The molecule has 0 aliphatic heterocycles. The van der Waals surface area contributed by atoms with Crippen LogP contribution in [0.1, 0.15) is 28.8 Å². The Bertz CT molecular complexity index is 647. The minimum atomic E-state index is -3.20. The Balaban J connectivity index is 2.02. The number of allylic oxidation sites excluding steroid dienone is 1. The second-order valence-electron chi connectivity index (χ2n) is 5.41. The maximum absolute atomic E-state index is 12.0. The van der Waals surface area contributed by atoms with E-state index in [-0.39, 0.29) is 17.6 Å². The summed E-state index contributed by atoms with van der Waals surface area (Å²) < 4.78 is 26.1. The normalized spacial score (nSPS) is 15.3. The van der Waals surface area contributed by atoms with Crippen LogP contribution in [-0.4, -0.2) is 38.4 Å². The van der Waals surface area contributed by atoms with Crippen molar-refractivity contribution in [3.63, 3.8) is 0 Å². The lowest BCUT2D eigenvalue weighted by Gasteiger charge is -2.07. The van der Waals surface area contributed by atoms with Gasteiger partial charge in [-0.1, -0.05) is 18.2 Å². The number of rotatable bonds is 7. The van der Waals surface area contributed by atoms with Crippen molar-refractivity contribution in [3.05, 3.63) is 47.7 Å². The molecule has 0 aromatic heterocycles. The summed E-state index contributed by atoms with van der Waals surface area (Å²) in [6, 6.07) is 7.01. The number of nitrogens with zero attached hydrogens (tertiary/aromatic N) is 1. The summed E-state index contributed by atoms with van der Waals surface area (Å²) in [6.07, 6.45) is 4.66. The van der Waals surface area contributed by atoms with Crippen LogP contribution in [0.3, 0.4) is 0 Å². The topological polar surface area (TPSA) is 66.5 Å². The molecule has 1 aromatic carbocycles. The van der Waals surface area contributed by atoms with Gasteiger partial charge >= 0.3 is 0 Å². The molecule has 2 rings (SSSR count). The first-order chi connectivity index (χ1) is 9.88. The van der Waals surface area contributed by atoms with E-state index >= 15 is 0 Å². The van der Waals surface area contributed by atoms with Crippen molar-refractivity contribution >= 4 is 15.8 Å². The van der Waals surface area contributed by atoms with Gasteiger partial charge in [-0.2, -0.15) is 0 Å². The van der Waals surface area contributed by atoms with Gasteiger partial charge in [-0.15, -0.1) is 0 Å². The van der Waals surface area contributed by atoms with Gasteiger partial charge in [0, 0.05) is 38.5 Å². The van der Waals surface area contributed by atoms with Crippen LogP contribution in [0.5, 0.6) is 0 Å². The van der Waals surface area contributed by atoms with Crippen molar-refractivity contribution in [2.45, 2.75) is 24.6 Å². The van der Waals surface area contributed by atoms with Gasteiger partial charge in [-0.3, -0.25) is 4.79 Å². The number of sulfonamides is 1. The van der Waals surface area contributed by atoms with E-state index in [1.165, 1.54) is 6.08 Å². The third-order valence-electron chi connectivity index (χ3n) is 3.18. The highest BCUT2D eigenvalue weighted by molar-refractivity contribution is 7.90. The second-order valence-corrected chi connectivity index (χ2v) is 7.45. The molecule has 1 aliphatic carbocycles. The highest BCUT2D eigenvalue weighted by atomic mass is 32.2. The average molecular weight is 308 g/mol. The lowest BCUT2D eigenvalue weighted by Crippen LogP contribution is -2.26. The molecule has 6 heteroatoms. The van der Waals surface area contributed by atoms with E-state index in [2.05, 4.69) is 4.72 Å². The van der Waals surface area contributed by atoms with E-state index in [9.17, 15) is 13.2 Å². The second kappa shape index (κ2) is 6.41. The van der Waals surface area contributed by atoms with E-state index in [1.807, 2.05) is 20.2 Å². The Hall–Kier alpha value is -1.66. The molecule has 1 saturated carbocycles. The van der Waals surface area contributed by atoms with Gasteiger partial charge in [-0.25, -0.2) is 13.1 Å². The molecule has 0 atom stereocenters. The third-order valence-corrected chi connectivity index (χ3v) is 5.07. The fourth-order valence-electron chi connectivity index (χ4n) is 1.83. The molecule has 0 heterocycles. The molecule has 0 saturated heterocycles. The van der Waals surface area contributed by atoms with Gasteiger partial charge in [0.15, 0.2) is 5.78 Å². The Kier molecular flexibility index (Phi) is 4.80. The first-order valence-corrected chi connectivity index (χ1v) is 8.39. The summed E-state index contributed by atoms with van der Waals surface area (Å²) >= 11 is 0. The maximum Gasteiger partial charge on any atom is 0.214 e. The minimum absolute atomic E-state index is 0.101. The van der Waals surface area contributed by atoms with Crippen LogP contribution >= 0.6 is 0 Å². The molecule has 5 nitrogen and oxygen atoms in total. The molecule has 0 spiro atoms. The molecule has 1 fully saturated rings. The maximum atomic E-state index is 12.0. The summed E-state index contributed by atoms with van der Waals surface area (Å²) in [5.41, 5.74) is 1.33. The molecule has 0 bridgehead atoms. The van der Waals surface area contributed by atoms with Gasteiger partial charge in [0.25, 0.3) is 0 Å². The molecular formula is C15H20N2O3S. The lowest BCUT2D eigenvalue weighted by molar-refractivity contribution is 0.104. The lowest BCUT2D eigenvalue weighted by atomic mass is 10.1. The molecule has 0 amide bonds. The molecule has 0 radical (unpaired) electrons. The smallest absolute Gasteiger partial charge is 0.214 e. The monoisotopic (exact) mass is 308 g/mol. The van der Waals surface area contributed by atoms with Gasteiger partial charge in [0.1, 0.15) is 0 Å². The zero-order valence-electron chi connectivity index (χ0n) is 12.2. The molecule has 21 heavy (non-hydrogen) atoms. The highest BCUT2D eigenvalue weighted by Crippen LogP contribution is 2.27. The van der Waals surface area contributed by atoms with E-state index < -0.39 is 10.0 Å². The van der Waals surface area contributed by atoms with E-state index in [4.69, 9.17) is 0 Å². The summed E-state index contributed by atoms with van der Waals surface area (Å²) in [5, 5.41) is -0.231. The van der Waals surface area contributed by atoms with Crippen molar-refractivity contribution in [2.24, 2.45) is 0 Å². The van der Waals surface area contributed by atoms with Crippen molar-refractivity contribution in [1.82, 2.24) is 9.62 Å². The van der Waals surface area contributed by atoms with Gasteiger partial charge in [-0.05, 0) is 24.5 Å². The standard InChI is InChI=1S/C15H20N2O3S/c1-17(2)9-8-15(18)13-5-3-4-12(10-13)11-16-21(19,20)14-6-7-14/h3-5,8-10,14,16H,6-7,11H2,1-2H3. The third kappa shape index (κ3) is 4.68. The Morgan fingerprint density at radius 1 is 1.38 bits per heavy atom. The average Bonchev–Trinajstić information content (AvgIpc) is 3.28. The predicted octanol–water partition coefficient (Wildman–Crippen LogP) is 1.53. The van der Waals surface area contributed by atoms with Crippen LogP contribution < -0.4 is 4.72 Å². The number of benzene rings is 1. The van der Waals surface area contributed by atoms with E-state index in [0.717, 1.165) is 18.4 Å². The molecule has 0 unspecified atom stereocenters. The zero-order chi connectivity index (χ0) is 15.5. The highest BCUT2D eigenvalue weighted by Gasteiger charge is 2.35. The summed E-state index contributed by atoms with van der Waals surface area (Å²) in [5.74, 6) is -0.101. The quantitative estimate of drug-likeness (QED) is 0.613. The first-order valence-electron chi connectivity index (χ1n) is 6.85. The van der Waals surface area contributed by atoms with Gasteiger partial charge in [0.2, 0.25) is 10.0 Å². The number of nitrogens with one attached hydrogen (secondary N) is 1. The zero-order valence-corrected chi connectivity index (χ0v) is 13.1. The summed E-state index contributed by atoms with van der Waals surface area (Å²) in [6.45, 7) is 0.220. The van der Waals surface area contributed by atoms with Crippen LogP contribution in [0.4, 0.5) is 0 Å². The van der Waals surface area contributed by atoms with Crippen LogP contribution in [0.2, 0.25) is 0 Å². The molecule has 1 N–H and O–H groups in total. The summed E-state index contributed by atoms with van der Waals surface area (Å²) in [7, 11) is 0.485. The largest absolute Gasteiger partial charge is 0.383 e. The predicted molar refractivity (Wildman–Crippen MR) is 82.4 cm³/mol. The molecular weight excluding hydrogens is 288 g/mol. The van der Waals surface area contributed by atoms with Crippen molar-refractivity contribution < 1.29 is 13.2 Å². The number of carbonyl (C=O) groups excluding carboxylic acids is 1. The Labute approximate surface area is 125 Å². The first kappa shape index (κ1) is 15.7. The van der Waals surface area contributed by atoms with Gasteiger partial charge in [0.05, 0.1) is 5.25 Å². The van der Waals surface area contributed by atoms with Crippen LogP contribution in [0.25, 0.3) is 0 Å². The number of carbonyl (C=O) groups is 1. The number of hydrogen-bond acceptors (Lipinski definition) is 4. The molecule has 1 aromatic rings. The SMILES string of the molecule is CN(C)C=CC(=O)c1cccc(CNS(=O)(=O)C2CC2)c1. The van der Waals surface area contributed by atoms with Crippen LogP contribution in [0.15, 0.2) is 36.5 Å². The Morgan fingerprint density at radius 3 is 2.71 bits per heavy atom. The van der Waals surface area contributed by atoms with Crippen molar-refractivity contribution in [2.75, 3.05) is 14.1 Å². The Morgan fingerprint density at radius 2 is 2.10 bits per heavy atom. The van der Waals surface area contributed by atoms with E-state index in [0.29, 0.717) is 5.56 Å². The number of hydrogen-bond donors (Lipinski definition) is 1. The fourth-order valence-corrected chi connectivity index (χ4v) is 3.19. The van der Waals surface area contributed by atoms with E-state index in [1.54, 1.807) is 29.3 Å². The van der Waals surface area contributed by atoms with Crippen molar-refractivity contribution in [1.29, 1.82) is 0 Å². The van der Waals surface area contributed by atoms with Crippen molar-refractivity contribution in [3.8, 4) is 0 Å². The van der Waals surface area contributed by atoms with Crippen LogP contribution in [-0.2, 0) is 16.6 Å². The van der Waals surface area contributed by atoms with Gasteiger partial charge < -0.3 is 4.90 Å². The fraction of sp³-hybridized carbons (Fsp3) is 0.400. The van der Waals surface area contributed by atoms with Crippen LogP contribution in [0, 0.1) is 0 Å².